The van der Waals surface area contributed by atoms with E-state index in [0.717, 1.165) is 0 Å². The van der Waals surface area contributed by atoms with Crippen LogP contribution in [-0.2, 0) is 31.2 Å². The molecule has 0 rings (SSSR count). The Balaban J connectivity index is -0.0000000277. The first kappa shape index (κ1) is 36.4. The van der Waals surface area contributed by atoms with Crippen molar-refractivity contribution in [3.8, 4) is 0 Å². The van der Waals surface area contributed by atoms with Gasteiger partial charge >= 0.3 is 41.7 Å². The molecule has 0 aromatic heterocycles. The van der Waals surface area contributed by atoms with Gasteiger partial charge in [0.1, 0.15) is 0 Å². The van der Waals surface area contributed by atoms with Crippen molar-refractivity contribution in [2.45, 2.75) is 0 Å². The van der Waals surface area contributed by atoms with Gasteiger partial charge in [0.2, 0.25) is 0 Å². The van der Waals surface area contributed by atoms with E-state index in [4.69, 9.17) is 52.6 Å². The monoisotopic (exact) mass is 464 g/mol. The smallest absolute Gasteiger partial charge is 0.759 e. The van der Waals surface area contributed by atoms with Crippen LogP contribution < -0.4 is 12.3 Å². The van der Waals surface area contributed by atoms with Gasteiger partial charge in [-0.2, -0.15) is 0 Å². The van der Waals surface area contributed by atoms with Gasteiger partial charge in [-0.1, -0.05) is 0 Å². The fourth-order valence-corrected chi connectivity index (χ4v) is 0. The van der Waals surface area contributed by atoms with E-state index in [-0.39, 0.29) is 54.0 Å². The fourth-order valence-electron chi connectivity index (χ4n) is 0. The first-order valence-corrected chi connectivity index (χ1v) is 6.00. The van der Waals surface area contributed by atoms with Gasteiger partial charge < -0.3 is 39.6 Å². The van der Waals surface area contributed by atoms with E-state index < -0.39 is 31.2 Å². The van der Waals surface area contributed by atoms with E-state index in [9.17, 15) is 0 Å². The van der Waals surface area contributed by atoms with Gasteiger partial charge in [-0.05, 0) is 0 Å². The Hall–Kier alpha value is 0.907. The van der Waals surface area contributed by atoms with Crippen LogP contribution in [0.3, 0.4) is 0 Å². The van der Waals surface area contributed by atoms with Crippen LogP contribution in [0.25, 0.3) is 0 Å². The van der Waals surface area contributed by atoms with Crippen LogP contribution in [0.4, 0.5) is 0 Å². The molecule has 0 saturated carbocycles. The van der Waals surface area contributed by atoms with Crippen LogP contribution in [0.1, 0.15) is 0 Å². The van der Waals surface area contributed by atoms with Crippen molar-refractivity contribution in [1.29, 1.82) is 0 Å². The maximum Gasteiger partial charge on any atom is 4.00 e. The molecule has 0 fully saturated rings. The van der Waals surface area contributed by atoms with Gasteiger partial charge in [0.15, 0.2) is 0 Å². The van der Waals surface area contributed by atoms with E-state index >= 15 is 0 Å². The molecule has 0 bridgehead atoms. The predicted molar refractivity (Wildman–Crippen MR) is 43.4 cm³/mol. The fraction of sp³-hybridized carbons (Fsp3) is 0. The molecule has 14 nitrogen and oxygen atoms in total. The van der Waals surface area contributed by atoms with Gasteiger partial charge in [0.25, 0.3) is 0 Å². The maximum absolute atomic E-state index is 8.52. The van der Waals surface area contributed by atoms with Crippen molar-refractivity contribution < 1.29 is 94.3 Å². The zero-order valence-electron chi connectivity index (χ0n) is 8.62. The normalized spacial score (nSPS) is 9.67. The molecule has 18 heavy (non-hydrogen) atoms. The molecule has 0 aliphatic carbocycles. The van der Waals surface area contributed by atoms with E-state index in [2.05, 4.69) is 0 Å². The van der Waals surface area contributed by atoms with Crippen molar-refractivity contribution in [3.05, 3.63) is 0 Å². The maximum atomic E-state index is 8.52. The number of quaternary nitrogens is 2. The molecule has 0 heterocycles. The van der Waals surface area contributed by atoms with Crippen LogP contribution in [-0.4, -0.2) is 52.6 Å². The first-order chi connectivity index (χ1) is 6.00. The molecule has 0 spiro atoms. The minimum atomic E-state index is -5.17. The van der Waals surface area contributed by atoms with Crippen molar-refractivity contribution in [3.63, 3.8) is 0 Å². The summed E-state index contributed by atoms with van der Waals surface area (Å²) < 4.78 is 102. The predicted octanol–water partition coefficient (Wildman–Crippen LogP) is -3.26. The Morgan fingerprint density at radius 2 is 0.444 bits per heavy atom. The Kier molecular flexibility index (Phi) is 28.9. The van der Waals surface area contributed by atoms with Gasteiger partial charge in [0.05, 0.1) is 0 Å². The number of hydrogen-bond acceptors (Lipinski definition) is 12. The van der Waals surface area contributed by atoms with Crippen molar-refractivity contribution in [2.75, 3.05) is 0 Å². The second-order valence-corrected chi connectivity index (χ2v) is 3.67. The molecule has 0 unspecified atom stereocenters. The molecular weight excluding hydrogens is 456 g/mol. The molecule has 8 N–H and O–H groups in total. The summed E-state index contributed by atoms with van der Waals surface area (Å²) in [4.78, 5) is 0. The van der Waals surface area contributed by atoms with Crippen molar-refractivity contribution >= 4 is 31.2 Å². The third-order valence-electron chi connectivity index (χ3n) is 0. The average molecular weight is 464 g/mol. The standard InChI is InChI=1S/Ce.2H3N.3H2O4S/c;;;3*1-5(2,3)4/h;2*1H3;3*(H2,1,2,3,4)/q+4;;;;;/p-4. The quantitative estimate of drug-likeness (QED) is 0.263. The van der Waals surface area contributed by atoms with Gasteiger partial charge in [-0.25, -0.2) is 0 Å². The molecular formula is H8CeN2O12S3. The first-order valence-electron chi connectivity index (χ1n) is 2.00. The summed E-state index contributed by atoms with van der Waals surface area (Å²) in [5.41, 5.74) is 0. The third kappa shape index (κ3) is 5200. The van der Waals surface area contributed by atoms with Crippen LogP contribution in [0.15, 0.2) is 0 Å². The Labute approximate surface area is 136 Å². The summed E-state index contributed by atoms with van der Waals surface area (Å²) in [7, 11) is -15.5. The van der Waals surface area contributed by atoms with Gasteiger partial charge in [0, 0.05) is 31.2 Å². The van der Waals surface area contributed by atoms with Gasteiger partial charge in [-0.15, -0.1) is 0 Å². The molecule has 0 radical (unpaired) electrons. The van der Waals surface area contributed by atoms with Crippen LogP contribution >= 0.6 is 0 Å². The average Bonchev–Trinajstić information content (AvgIpc) is 1.41. The van der Waals surface area contributed by atoms with Crippen LogP contribution in [0.5, 0.6) is 0 Å². The summed E-state index contributed by atoms with van der Waals surface area (Å²) in [5.74, 6) is 0. The summed E-state index contributed by atoms with van der Waals surface area (Å²) in [6.45, 7) is 0. The Morgan fingerprint density at radius 3 is 0.444 bits per heavy atom. The Bertz CT molecular complexity index is 346. The SMILES string of the molecule is O=S(=O)([O-])[O-].O=S(=O)([O-])[O-].O=S(=O)([O-])[O-].[Ce+4].[NH4+].[NH4+]. The zero-order chi connectivity index (χ0) is 13.5. The molecule has 0 aromatic rings. The zero-order valence-corrected chi connectivity index (χ0v) is 14.2. The largest absolute Gasteiger partial charge is 4.00 e. The van der Waals surface area contributed by atoms with Crippen molar-refractivity contribution in [2.24, 2.45) is 0 Å². The van der Waals surface area contributed by atoms with Gasteiger partial charge in [-0.3, -0.25) is 25.3 Å². The number of rotatable bonds is 0. The Morgan fingerprint density at radius 1 is 0.444 bits per heavy atom. The minimum Gasteiger partial charge on any atom is -0.759 e. The molecule has 0 aliphatic rings. The summed E-state index contributed by atoms with van der Waals surface area (Å²) in [6.07, 6.45) is 0. The molecule has 0 aliphatic heterocycles. The summed E-state index contributed by atoms with van der Waals surface area (Å²) in [5, 5.41) is 0. The summed E-state index contributed by atoms with van der Waals surface area (Å²) in [6, 6.07) is 0. The van der Waals surface area contributed by atoms with E-state index in [0.29, 0.717) is 0 Å². The minimum absolute atomic E-state index is 0. The molecule has 18 heteroatoms. The molecule has 0 aromatic carbocycles. The van der Waals surface area contributed by atoms with E-state index in [1.807, 2.05) is 0 Å². The topological polar surface area (TPSA) is 314 Å². The molecule has 0 saturated heterocycles. The van der Waals surface area contributed by atoms with Crippen LogP contribution in [0.2, 0.25) is 0 Å². The number of hydrogen-bond donors (Lipinski definition) is 2. The van der Waals surface area contributed by atoms with Crippen LogP contribution in [0, 0.1) is 41.7 Å². The summed E-state index contributed by atoms with van der Waals surface area (Å²) >= 11 is 0. The van der Waals surface area contributed by atoms with E-state index in [1.54, 1.807) is 0 Å². The van der Waals surface area contributed by atoms with Crippen molar-refractivity contribution in [1.82, 2.24) is 12.3 Å². The second-order valence-electron chi connectivity index (χ2n) is 1.22. The third-order valence-corrected chi connectivity index (χ3v) is 0. The van der Waals surface area contributed by atoms with E-state index in [1.165, 1.54) is 0 Å². The second kappa shape index (κ2) is 14.3. The molecule has 0 amide bonds. The molecule has 0 atom stereocenters. The molecule has 112 valence electrons.